The van der Waals surface area contributed by atoms with Crippen molar-refractivity contribution in [2.24, 2.45) is 0 Å². The highest BCUT2D eigenvalue weighted by atomic mass is 16.5. The van der Waals surface area contributed by atoms with E-state index < -0.39 is 0 Å². The Morgan fingerprint density at radius 3 is 2.48 bits per heavy atom. The highest BCUT2D eigenvalue weighted by Gasteiger charge is 2.04. The van der Waals surface area contributed by atoms with Crippen LogP contribution in [-0.2, 0) is 6.61 Å². The number of nitriles is 1. The van der Waals surface area contributed by atoms with E-state index in [1.54, 1.807) is 0 Å². The van der Waals surface area contributed by atoms with Crippen molar-refractivity contribution in [3.05, 3.63) is 65.7 Å². The van der Waals surface area contributed by atoms with E-state index in [-0.39, 0.29) is 6.04 Å². The average molecular weight is 280 g/mol. The van der Waals surface area contributed by atoms with Crippen molar-refractivity contribution in [3.63, 3.8) is 0 Å². The van der Waals surface area contributed by atoms with Crippen molar-refractivity contribution in [1.82, 2.24) is 5.32 Å². The van der Waals surface area contributed by atoms with Crippen LogP contribution in [0.5, 0.6) is 5.75 Å². The Balaban J connectivity index is 1.85. The first kappa shape index (κ1) is 15.1. The van der Waals surface area contributed by atoms with Gasteiger partial charge in [-0.25, -0.2) is 0 Å². The molecule has 1 unspecified atom stereocenters. The predicted molar refractivity (Wildman–Crippen MR) is 83.9 cm³/mol. The molecule has 3 nitrogen and oxygen atoms in total. The van der Waals surface area contributed by atoms with Crippen LogP contribution >= 0.6 is 0 Å². The minimum Gasteiger partial charge on any atom is -0.489 e. The first-order valence-electron chi connectivity index (χ1n) is 7.16. The molecule has 21 heavy (non-hydrogen) atoms. The average Bonchev–Trinajstić information content (AvgIpc) is 2.54. The van der Waals surface area contributed by atoms with Crippen molar-refractivity contribution in [3.8, 4) is 11.8 Å². The van der Waals surface area contributed by atoms with Gasteiger partial charge in [0.1, 0.15) is 12.4 Å². The lowest BCUT2D eigenvalue weighted by Gasteiger charge is -2.14. The summed E-state index contributed by atoms with van der Waals surface area (Å²) in [7, 11) is 0. The molecule has 1 N–H and O–H groups in total. The fourth-order valence-electron chi connectivity index (χ4n) is 2.06. The topological polar surface area (TPSA) is 45.0 Å². The van der Waals surface area contributed by atoms with Gasteiger partial charge < -0.3 is 10.1 Å². The minimum absolute atomic E-state index is 0.238. The lowest BCUT2D eigenvalue weighted by Crippen LogP contribution is -2.19. The number of hydrogen-bond donors (Lipinski definition) is 1. The third kappa shape index (κ3) is 4.94. The van der Waals surface area contributed by atoms with Crippen LogP contribution in [0.2, 0.25) is 0 Å². The molecule has 2 rings (SSSR count). The third-order valence-electron chi connectivity index (χ3n) is 3.32. The van der Waals surface area contributed by atoms with Gasteiger partial charge in [0, 0.05) is 19.0 Å². The number of nitrogens with one attached hydrogen (secondary N) is 1. The Labute approximate surface area is 126 Å². The number of hydrogen-bond acceptors (Lipinski definition) is 3. The summed E-state index contributed by atoms with van der Waals surface area (Å²) in [6.07, 6.45) is 0.530. The molecular weight excluding hydrogens is 260 g/mol. The van der Waals surface area contributed by atoms with Gasteiger partial charge in [0.2, 0.25) is 0 Å². The fourth-order valence-corrected chi connectivity index (χ4v) is 2.06. The van der Waals surface area contributed by atoms with Gasteiger partial charge in [0.25, 0.3) is 0 Å². The Bertz CT molecular complexity index is 572. The van der Waals surface area contributed by atoms with Crippen molar-refractivity contribution in [2.45, 2.75) is 26.0 Å². The van der Waals surface area contributed by atoms with Gasteiger partial charge in [-0.15, -0.1) is 0 Å². The summed E-state index contributed by atoms with van der Waals surface area (Å²) < 4.78 is 5.76. The van der Waals surface area contributed by atoms with E-state index in [0.29, 0.717) is 19.6 Å². The van der Waals surface area contributed by atoms with Gasteiger partial charge in [-0.2, -0.15) is 5.26 Å². The summed E-state index contributed by atoms with van der Waals surface area (Å²) in [5, 5.41) is 11.8. The zero-order valence-corrected chi connectivity index (χ0v) is 12.3. The largest absolute Gasteiger partial charge is 0.489 e. The summed E-state index contributed by atoms with van der Waals surface area (Å²) in [5.41, 5.74) is 2.35. The summed E-state index contributed by atoms with van der Waals surface area (Å²) in [4.78, 5) is 0. The maximum atomic E-state index is 8.53. The standard InChI is InChI=1S/C18H20N2O/c1-15(20-13-5-12-19)17-8-10-18(11-9-17)21-14-16-6-3-2-4-7-16/h2-4,6-11,15,20H,5,13-14H2,1H3. The lowest BCUT2D eigenvalue weighted by atomic mass is 10.1. The quantitative estimate of drug-likeness (QED) is 0.784. The Kier molecular flexibility index (Phi) is 5.81. The minimum atomic E-state index is 0.238. The zero-order valence-electron chi connectivity index (χ0n) is 12.3. The van der Waals surface area contributed by atoms with Crippen LogP contribution in [0.1, 0.15) is 30.5 Å². The third-order valence-corrected chi connectivity index (χ3v) is 3.32. The van der Waals surface area contributed by atoms with Crippen LogP contribution in [0.25, 0.3) is 0 Å². The summed E-state index contributed by atoms with van der Waals surface area (Å²) >= 11 is 0. The summed E-state index contributed by atoms with van der Waals surface area (Å²) in [6, 6.07) is 20.6. The van der Waals surface area contributed by atoms with Crippen molar-refractivity contribution in [1.29, 1.82) is 5.26 Å². The second kappa shape index (κ2) is 8.08. The Morgan fingerprint density at radius 1 is 1.10 bits per heavy atom. The summed E-state index contributed by atoms with van der Waals surface area (Å²) in [6.45, 7) is 3.39. The van der Waals surface area contributed by atoms with Gasteiger partial charge in [-0.05, 0) is 30.2 Å². The van der Waals surface area contributed by atoms with Crippen LogP contribution in [0.15, 0.2) is 54.6 Å². The molecule has 0 spiro atoms. The molecule has 0 saturated heterocycles. The van der Waals surface area contributed by atoms with Gasteiger partial charge >= 0.3 is 0 Å². The van der Waals surface area contributed by atoms with Gasteiger partial charge in [0.05, 0.1) is 6.07 Å². The first-order valence-corrected chi connectivity index (χ1v) is 7.16. The molecule has 0 bridgehead atoms. The van der Waals surface area contributed by atoms with Crippen LogP contribution < -0.4 is 10.1 Å². The normalized spacial score (nSPS) is 11.6. The molecular formula is C18H20N2O. The van der Waals surface area contributed by atoms with Crippen LogP contribution in [-0.4, -0.2) is 6.54 Å². The van der Waals surface area contributed by atoms with E-state index in [4.69, 9.17) is 10.00 Å². The number of rotatable bonds is 7. The van der Waals surface area contributed by atoms with Gasteiger partial charge in [-0.3, -0.25) is 0 Å². The SMILES string of the molecule is CC(NCCC#N)c1ccc(OCc2ccccc2)cc1. The Morgan fingerprint density at radius 2 is 1.81 bits per heavy atom. The molecule has 0 aliphatic rings. The molecule has 1 atom stereocenters. The maximum Gasteiger partial charge on any atom is 0.119 e. The van der Waals surface area contributed by atoms with E-state index in [1.807, 2.05) is 30.3 Å². The fraction of sp³-hybridized carbons (Fsp3) is 0.278. The lowest BCUT2D eigenvalue weighted by molar-refractivity contribution is 0.306. The van der Waals surface area contributed by atoms with Crippen molar-refractivity contribution >= 4 is 0 Å². The molecule has 0 heterocycles. The molecule has 0 fully saturated rings. The number of nitrogens with zero attached hydrogens (tertiary/aromatic N) is 1. The highest BCUT2D eigenvalue weighted by molar-refractivity contribution is 5.29. The molecule has 0 amide bonds. The second-order valence-corrected chi connectivity index (χ2v) is 4.93. The van der Waals surface area contributed by atoms with E-state index in [1.165, 1.54) is 5.56 Å². The highest BCUT2D eigenvalue weighted by Crippen LogP contribution is 2.18. The smallest absolute Gasteiger partial charge is 0.119 e. The molecule has 0 aliphatic heterocycles. The molecule has 0 aromatic heterocycles. The molecule has 0 aliphatic carbocycles. The molecule has 108 valence electrons. The molecule has 3 heteroatoms. The van der Waals surface area contributed by atoms with Crippen LogP contribution in [0.3, 0.4) is 0 Å². The van der Waals surface area contributed by atoms with E-state index in [2.05, 4.69) is 42.6 Å². The van der Waals surface area contributed by atoms with E-state index in [0.717, 1.165) is 11.3 Å². The first-order chi connectivity index (χ1) is 10.3. The van der Waals surface area contributed by atoms with Gasteiger partial charge in [-0.1, -0.05) is 42.5 Å². The van der Waals surface area contributed by atoms with Crippen molar-refractivity contribution in [2.75, 3.05) is 6.54 Å². The van der Waals surface area contributed by atoms with E-state index in [9.17, 15) is 0 Å². The number of benzene rings is 2. The Hall–Kier alpha value is -2.31. The van der Waals surface area contributed by atoms with Gasteiger partial charge in [0.15, 0.2) is 0 Å². The maximum absolute atomic E-state index is 8.53. The zero-order chi connectivity index (χ0) is 14.9. The molecule has 0 saturated carbocycles. The second-order valence-electron chi connectivity index (χ2n) is 4.93. The molecule has 2 aromatic rings. The monoisotopic (exact) mass is 280 g/mol. The molecule has 2 aromatic carbocycles. The van der Waals surface area contributed by atoms with Crippen molar-refractivity contribution < 1.29 is 4.74 Å². The van der Waals surface area contributed by atoms with Crippen LogP contribution in [0.4, 0.5) is 0 Å². The van der Waals surface area contributed by atoms with E-state index >= 15 is 0 Å². The van der Waals surface area contributed by atoms with Crippen LogP contribution in [0, 0.1) is 11.3 Å². The number of ether oxygens (including phenoxy) is 1. The predicted octanol–water partition coefficient (Wildman–Crippen LogP) is 3.83. The molecule has 0 radical (unpaired) electrons. The summed E-state index contributed by atoms with van der Waals surface area (Å²) in [5.74, 6) is 0.867.